The molecule has 194 valence electrons. The van der Waals surface area contributed by atoms with Crippen molar-refractivity contribution in [1.82, 2.24) is 35.0 Å². The van der Waals surface area contributed by atoms with Crippen LogP contribution >= 0.6 is 0 Å². The van der Waals surface area contributed by atoms with Crippen LogP contribution in [0.3, 0.4) is 0 Å². The Morgan fingerprint density at radius 2 is 1.69 bits per heavy atom. The number of aromatic amines is 2. The summed E-state index contributed by atoms with van der Waals surface area (Å²) in [6, 6.07) is 13.3. The smallest absolute Gasteiger partial charge is 0.159 e. The number of imidazole rings is 1. The molecule has 0 radical (unpaired) electrons. The third-order valence-electron chi connectivity index (χ3n) is 7.35. The largest absolute Gasteiger partial charge is 0.336 e. The Kier molecular flexibility index (Phi) is 5.85. The molecule has 6 aromatic rings. The van der Waals surface area contributed by atoms with Gasteiger partial charge in [0.1, 0.15) is 22.8 Å². The van der Waals surface area contributed by atoms with Gasteiger partial charge in [0, 0.05) is 53.3 Å². The zero-order chi connectivity index (χ0) is 26.3. The number of rotatable bonds is 5. The zero-order valence-electron chi connectivity index (χ0n) is 21.1. The van der Waals surface area contributed by atoms with E-state index in [9.17, 15) is 4.39 Å². The lowest BCUT2D eigenvalue weighted by Gasteiger charge is -2.26. The molecule has 0 bridgehead atoms. The van der Waals surface area contributed by atoms with Crippen molar-refractivity contribution in [3.63, 3.8) is 0 Å². The summed E-state index contributed by atoms with van der Waals surface area (Å²) in [5, 5.41) is 8.15. The van der Waals surface area contributed by atoms with Gasteiger partial charge >= 0.3 is 0 Å². The molecule has 1 aliphatic rings. The highest BCUT2D eigenvalue weighted by molar-refractivity contribution is 5.97. The van der Waals surface area contributed by atoms with Gasteiger partial charge in [-0.25, -0.2) is 13.8 Å². The van der Waals surface area contributed by atoms with E-state index in [2.05, 4.69) is 30.0 Å². The average Bonchev–Trinajstić information content (AvgIpc) is 3.57. The number of fused-ring (bicyclic) bond motifs is 2. The zero-order valence-corrected chi connectivity index (χ0v) is 21.1. The van der Waals surface area contributed by atoms with Gasteiger partial charge in [-0.1, -0.05) is 6.42 Å². The number of hydrogen-bond donors (Lipinski definition) is 2. The lowest BCUT2D eigenvalue weighted by Crippen LogP contribution is -2.29. The molecule has 0 saturated carbocycles. The molecule has 0 aliphatic carbocycles. The van der Waals surface area contributed by atoms with Gasteiger partial charge in [0.2, 0.25) is 0 Å². The maximum Gasteiger partial charge on any atom is 0.159 e. The van der Waals surface area contributed by atoms with E-state index in [0.29, 0.717) is 33.8 Å². The third-order valence-corrected chi connectivity index (χ3v) is 7.35. The van der Waals surface area contributed by atoms with E-state index in [-0.39, 0.29) is 11.6 Å². The van der Waals surface area contributed by atoms with Crippen LogP contribution in [0.2, 0.25) is 0 Å². The Hall–Kier alpha value is -4.50. The van der Waals surface area contributed by atoms with Crippen molar-refractivity contribution in [2.24, 2.45) is 0 Å². The van der Waals surface area contributed by atoms with Crippen molar-refractivity contribution >= 4 is 21.9 Å². The first kappa shape index (κ1) is 23.6. The maximum absolute atomic E-state index is 15.3. The molecule has 5 heterocycles. The van der Waals surface area contributed by atoms with Crippen molar-refractivity contribution < 1.29 is 8.78 Å². The molecule has 0 atom stereocenters. The molecule has 1 aliphatic heterocycles. The lowest BCUT2D eigenvalue weighted by molar-refractivity contribution is 0.220. The van der Waals surface area contributed by atoms with Crippen molar-refractivity contribution in [3.8, 4) is 33.9 Å². The van der Waals surface area contributed by atoms with Gasteiger partial charge in [0.25, 0.3) is 0 Å². The van der Waals surface area contributed by atoms with Crippen LogP contribution in [-0.4, -0.2) is 48.1 Å². The number of aromatic nitrogens is 6. The van der Waals surface area contributed by atoms with Gasteiger partial charge in [-0.3, -0.25) is 20.0 Å². The Morgan fingerprint density at radius 1 is 0.846 bits per heavy atom. The van der Waals surface area contributed by atoms with Crippen LogP contribution in [0.1, 0.15) is 24.8 Å². The summed E-state index contributed by atoms with van der Waals surface area (Å²) < 4.78 is 28.8. The number of piperidine rings is 1. The van der Waals surface area contributed by atoms with Crippen molar-refractivity contribution in [3.05, 3.63) is 84.3 Å². The quantitative estimate of drug-likeness (QED) is 0.271. The second kappa shape index (κ2) is 9.67. The SMILES string of the molecule is Fc1ccc(-c2nccc3[nH]c(-c4n[nH]c5cc(F)c(-c6cncc(CN7CCCCC7)c6)cc45)nc23)cc1. The highest BCUT2D eigenvalue weighted by Gasteiger charge is 2.19. The number of nitrogens with zero attached hydrogens (tertiary/aromatic N) is 5. The van der Waals surface area contributed by atoms with E-state index < -0.39 is 0 Å². The van der Waals surface area contributed by atoms with Crippen molar-refractivity contribution in [2.45, 2.75) is 25.8 Å². The van der Waals surface area contributed by atoms with Gasteiger partial charge in [-0.05, 0) is 74.0 Å². The predicted octanol–water partition coefficient (Wildman–Crippen LogP) is 6.49. The fourth-order valence-corrected chi connectivity index (χ4v) is 5.40. The summed E-state index contributed by atoms with van der Waals surface area (Å²) in [7, 11) is 0. The molecule has 2 aromatic carbocycles. The first-order valence-corrected chi connectivity index (χ1v) is 13.1. The lowest BCUT2D eigenvalue weighted by atomic mass is 10.0. The highest BCUT2D eigenvalue weighted by atomic mass is 19.1. The van der Waals surface area contributed by atoms with Gasteiger partial charge in [-0.15, -0.1) is 0 Å². The number of likely N-dealkylation sites (tertiary alicyclic amines) is 1. The molecule has 7 rings (SSSR count). The summed E-state index contributed by atoms with van der Waals surface area (Å²) in [6.45, 7) is 2.97. The highest BCUT2D eigenvalue weighted by Crippen LogP contribution is 2.34. The van der Waals surface area contributed by atoms with Crippen LogP contribution in [-0.2, 0) is 6.54 Å². The van der Waals surface area contributed by atoms with Crippen molar-refractivity contribution in [2.75, 3.05) is 13.1 Å². The van der Waals surface area contributed by atoms with Crippen LogP contribution in [0, 0.1) is 11.6 Å². The first-order valence-electron chi connectivity index (χ1n) is 13.1. The first-order chi connectivity index (χ1) is 19.1. The Morgan fingerprint density at radius 3 is 2.54 bits per heavy atom. The third kappa shape index (κ3) is 4.44. The fourth-order valence-electron chi connectivity index (χ4n) is 5.40. The summed E-state index contributed by atoms with van der Waals surface area (Å²) in [5.41, 5.74) is 6.21. The van der Waals surface area contributed by atoms with Gasteiger partial charge in [0.05, 0.1) is 16.7 Å². The molecule has 39 heavy (non-hydrogen) atoms. The molecule has 0 unspecified atom stereocenters. The average molecular weight is 522 g/mol. The minimum Gasteiger partial charge on any atom is -0.336 e. The molecule has 0 spiro atoms. The molecule has 9 heteroatoms. The van der Waals surface area contributed by atoms with Gasteiger partial charge in [0.15, 0.2) is 5.82 Å². The molecule has 0 amide bonds. The summed E-state index contributed by atoms with van der Waals surface area (Å²) in [4.78, 5) is 19.5. The van der Waals surface area contributed by atoms with Crippen LogP contribution in [0.25, 0.3) is 55.8 Å². The van der Waals surface area contributed by atoms with Crippen molar-refractivity contribution in [1.29, 1.82) is 0 Å². The van der Waals surface area contributed by atoms with E-state index in [4.69, 9.17) is 4.98 Å². The molecule has 7 nitrogen and oxygen atoms in total. The monoisotopic (exact) mass is 521 g/mol. The maximum atomic E-state index is 15.3. The summed E-state index contributed by atoms with van der Waals surface area (Å²) >= 11 is 0. The topological polar surface area (TPSA) is 86.4 Å². The van der Waals surface area contributed by atoms with E-state index >= 15 is 4.39 Å². The van der Waals surface area contributed by atoms with E-state index in [1.807, 2.05) is 18.3 Å². The molecular weight excluding hydrogens is 496 g/mol. The molecule has 1 fully saturated rings. The number of pyridine rings is 2. The van der Waals surface area contributed by atoms with Crippen LogP contribution < -0.4 is 0 Å². The minimum atomic E-state index is -0.345. The molecule has 2 N–H and O–H groups in total. The Balaban J connectivity index is 1.28. The van der Waals surface area contributed by atoms with Gasteiger partial charge < -0.3 is 4.98 Å². The Bertz CT molecular complexity index is 1800. The van der Waals surface area contributed by atoms with Gasteiger partial charge in [-0.2, -0.15) is 5.10 Å². The summed E-state index contributed by atoms with van der Waals surface area (Å²) in [5.74, 6) is -0.129. The second-order valence-corrected chi connectivity index (χ2v) is 10.0. The van der Waals surface area contributed by atoms with E-state index in [1.54, 1.807) is 30.6 Å². The molecular formula is C30H25F2N7. The number of nitrogens with one attached hydrogen (secondary N) is 2. The van der Waals surface area contributed by atoms with Crippen LogP contribution in [0.15, 0.2) is 67.1 Å². The number of hydrogen-bond acceptors (Lipinski definition) is 5. The normalized spacial score (nSPS) is 14.4. The number of benzene rings is 2. The molecule has 4 aromatic heterocycles. The van der Waals surface area contributed by atoms with E-state index in [0.717, 1.165) is 47.2 Å². The predicted molar refractivity (Wildman–Crippen MR) is 147 cm³/mol. The minimum absolute atomic E-state index is 0.313. The number of halogens is 2. The standard InChI is InChI=1S/C30H25F2N7/c31-21-6-4-19(5-7-21)27-29-25(8-9-34-27)35-30(36-29)28-23-13-22(24(32)14-26(23)37-38-28)20-12-18(15-33-16-20)17-39-10-2-1-3-11-39/h4-9,12-16H,1-3,10-11,17H2,(H,35,36)(H,37,38). The molecule has 1 saturated heterocycles. The number of H-pyrrole nitrogens is 2. The van der Waals surface area contributed by atoms with Crippen LogP contribution in [0.5, 0.6) is 0 Å². The second-order valence-electron chi connectivity index (χ2n) is 10.0. The Labute approximate surface area is 223 Å². The summed E-state index contributed by atoms with van der Waals surface area (Å²) in [6.07, 6.45) is 8.95. The van der Waals surface area contributed by atoms with Crippen LogP contribution in [0.4, 0.5) is 8.78 Å². The fraction of sp³-hybridized carbons (Fsp3) is 0.200. The van der Waals surface area contributed by atoms with E-state index in [1.165, 1.54) is 37.5 Å².